The summed E-state index contributed by atoms with van der Waals surface area (Å²) in [5.41, 5.74) is 0.462. The Morgan fingerprint density at radius 3 is 3.00 bits per heavy atom. The molecule has 1 fully saturated rings. The first-order valence-corrected chi connectivity index (χ1v) is 6.30. The van der Waals surface area contributed by atoms with E-state index in [-0.39, 0.29) is 11.5 Å². The summed E-state index contributed by atoms with van der Waals surface area (Å²) >= 11 is 3.98. The summed E-state index contributed by atoms with van der Waals surface area (Å²) in [5, 5.41) is 2.71. The molecule has 0 bridgehead atoms. The fraction of sp³-hybridized carbons (Fsp3) is 0.545. The first kappa shape index (κ1) is 12.2. The molecule has 2 rings (SSSR count). The van der Waals surface area contributed by atoms with Gasteiger partial charge in [-0.15, -0.1) is 0 Å². The van der Waals surface area contributed by atoms with Gasteiger partial charge in [0, 0.05) is 18.4 Å². The van der Waals surface area contributed by atoms with Crippen LogP contribution in [0.3, 0.4) is 0 Å². The average Bonchev–Trinajstić information content (AvgIpc) is 3.10. The number of thiol groups is 1. The number of carbonyl (C=O) groups is 1. The van der Waals surface area contributed by atoms with Gasteiger partial charge in [0.15, 0.2) is 0 Å². The summed E-state index contributed by atoms with van der Waals surface area (Å²) < 4.78 is 0. The molecule has 1 aliphatic carbocycles. The Kier molecular flexibility index (Phi) is 3.83. The molecule has 92 valence electrons. The number of nitrogens with zero attached hydrogens (tertiary/aromatic N) is 1. The van der Waals surface area contributed by atoms with Crippen molar-refractivity contribution in [2.45, 2.75) is 31.7 Å². The van der Waals surface area contributed by atoms with Crippen molar-refractivity contribution in [2.75, 3.05) is 5.75 Å². The quantitative estimate of drug-likeness (QED) is 0.672. The van der Waals surface area contributed by atoms with E-state index < -0.39 is 0 Å². The van der Waals surface area contributed by atoms with E-state index in [4.69, 9.17) is 0 Å². The Hall–Kier alpha value is -1.30. The van der Waals surface area contributed by atoms with Crippen LogP contribution in [0, 0.1) is 0 Å². The third-order valence-electron chi connectivity index (χ3n) is 2.58. The third-order valence-corrected chi connectivity index (χ3v) is 2.81. The Morgan fingerprint density at radius 2 is 2.35 bits per heavy atom. The van der Waals surface area contributed by atoms with Crippen molar-refractivity contribution in [1.82, 2.24) is 15.3 Å². The predicted octanol–water partition coefficient (Wildman–Crippen LogP) is 0.583. The normalized spacial score (nSPS) is 14.6. The molecule has 0 atom stereocenters. The highest BCUT2D eigenvalue weighted by molar-refractivity contribution is 7.80. The number of hydrogen-bond acceptors (Lipinski definition) is 4. The Labute approximate surface area is 104 Å². The minimum atomic E-state index is -0.152. The van der Waals surface area contributed by atoms with Crippen molar-refractivity contribution in [3.8, 4) is 0 Å². The van der Waals surface area contributed by atoms with Crippen LogP contribution in [0.4, 0.5) is 0 Å². The molecule has 0 unspecified atom stereocenters. The van der Waals surface area contributed by atoms with Gasteiger partial charge in [-0.05, 0) is 18.6 Å². The largest absolute Gasteiger partial charge is 0.350 e. The van der Waals surface area contributed by atoms with Crippen LogP contribution in [0.2, 0.25) is 0 Å². The van der Waals surface area contributed by atoms with Gasteiger partial charge in [-0.3, -0.25) is 9.59 Å². The number of carbonyl (C=O) groups excluding carboxylic acids is 1. The lowest BCUT2D eigenvalue weighted by atomic mass is 10.3. The van der Waals surface area contributed by atoms with E-state index in [1.165, 1.54) is 6.07 Å². The van der Waals surface area contributed by atoms with Crippen LogP contribution in [0.5, 0.6) is 0 Å². The van der Waals surface area contributed by atoms with Crippen LogP contribution in [0.25, 0.3) is 0 Å². The molecule has 2 N–H and O–H groups in total. The number of H-pyrrole nitrogens is 1. The number of rotatable bonds is 5. The minimum absolute atomic E-state index is 0.0740. The van der Waals surface area contributed by atoms with Gasteiger partial charge in [-0.25, -0.2) is 4.98 Å². The predicted molar refractivity (Wildman–Crippen MR) is 67.1 cm³/mol. The summed E-state index contributed by atoms with van der Waals surface area (Å²) in [6, 6.07) is 1.42. The van der Waals surface area contributed by atoms with Gasteiger partial charge in [0.2, 0.25) is 5.91 Å². The third kappa shape index (κ3) is 3.59. The van der Waals surface area contributed by atoms with Gasteiger partial charge < -0.3 is 10.3 Å². The van der Waals surface area contributed by atoms with Crippen LogP contribution in [0.1, 0.15) is 36.7 Å². The van der Waals surface area contributed by atoms with Gasteiger partial charge >= 0.3 is 0 Å². The summed E-state index contributed by atoms with van der Waals surface area (Å²) in [5.74, 6) is 1.59. The molecule has 0 aromatic carbocycles. The van der Waals surface area contributed by atoms with Gasteiger partial charge in [0.25, 0.3) is 5.56 Å². The van der Waals surface area contributed by atoms with E-state index in [1.54, 1.807) is 0 Å². The van der Waals surface area contributed by atoms with Crippen LogP contribution < -0.4 is 10.9 Å². The topological polar surface area (TPSA) is 74.8 Å². The molecular formula is C11H15N3O2S. The molecule has 0 aliphatic heterocycles. The standard InChI is InChI=1S/C11H15N3O2S/c15-9(3-4-17)12-6-8-5-10(16)14-11(13-8)7-1-2-7/h5,7,17H,1-4,6H2,(H,12,15)(H,13,14,16). The Bertz CT molecular complexity index is 468. The van der Waals surface area contributed by atoms with Gasteiger partial charge in [0.05, 0.1) is 12.2 Å². The molecule has 1 saturated carbocycles. The van der Waals surface area contributed by atoms with Crippen LogP contribution in [0.15, 0.2) is 10.9 Å². The fourth-order valence-electron chi connectivity index (χ4n) is 1.55. The second-order valence-electron chi connectivity index (χ2n) is 4.15. The Balaban J connectivity index is 2.00. The second kappa shape index (κ2) is 5.35. The monoisotopic (exact) mass is 253 g/mol. The van der Waals surface area contributed by atoms with Crippen molar-refractivity contribution >= 4 is 18.5 Å². The summed E-state index contributed by atoms with van der Waals surface area (Å²) in [4.78, 5) is 29.7. The maximum Gasteiger partial charge on any atom is 0.251 e. The highest BCUT2D eigenvalue weighted by atomic mass is 32.1. The molecule has 5 nitrogen and oxygen atoms in total. The van der Waals surface area contributed by atoms with Crippen LogP contribution >= 0.6 is 12.6 Å². The fourth-order valence-corrected chi connectivity index (χ4v) is 1.75. The lowest BCUT2D eigenvalue weighted by molar-refractivity contribution is -0.120. The van der Waals surface area contributed by atoms with Crippen LogP contribution in [-0.2, 0) is 11.3 Å². The molecule has 1 aliphatic rings. The molecule has 0 spiro atoms. The van der Waals surface area contributed by atoms with E-state index in [0.717, 1.165) is 18.7 Å². The molecular weight excluding hydrogens is 238 g/mol. The van der Waals surface area contributed by atoms with E-state index in [9.17, 15) is 9.59 Å². The van der Waals surface area contributed by atoms with Crippen molar-refractivity contribution in [2.24, 2.45) is 0 Å². The number of nitrogens with one attached hydrogen (secondary N) is 2. The first-order chi connectivity index (χ1) is 8.19. The average molecular weight is 253 g/mol. The van der Waals surface area contributed by atoms with Gasteiger partial charge in [-0.2, -0.15) is 12.6 Å². The van der Waals surface area contributed by atoms with E-state index in [1.807, 2.05) is 0 Å². The number of hydrogen-bond donors (Lipinski definition) is 3. The zero-order valence-electron chi connectivity index (χ0n) is 9.40. The smallest absolute Gasteiger partial charge is 0.251 e. The lowest BCUT2D eigenvalue weighted by Gasteiger charge is -2.05. The molecule has 0 saturated heterocycles. The molecule has 6 heteroatoms. The van der Waals surface area contributed by atoms with Crippen molar-refractivity contribution < 1.29 is 4.79 Å². The second-order valence-corrected chi connectivity index (χ2v) is 4.59. The lowest BCUT2D eigenvalue weighted by Crippen LogP contribution is -2.25. The van der Waals surface area contributed by atoms with Gasteiger partial charge in [0.1, 0.15) is 5.82 Å². The maximum atomic E-state index is 11.4. The van der Waals surface area contributed by atoms with E-state index >= 15 is 0 Å². The van der Waals surface area contributed by atoms with Gasteiger partial charge in [-0.1, -0.05) is 0 Å². The SMILES string of the molecule is O=C(CCS)NCc1cc(=O)[nH]c(C2CC2)n1. The minimum Gasteiger partial charge on any atom is -0.350 e. The van der Waals surface area contributed by atoms with E-state index in [2.05, 4.69) is 27.9 Å². The summed E-state index contributed by atoms with van der Waals surface area (Å²) in [6.07, 6.45) is 2.54. The molecule has 17 heavy (non-hydrogen) atoms. The molecule has 0 radical (unpaired) electrons. The number of aromatic amines is 1. The van der Waals surface area contributed by atoms with Crippen molar-refractivity contribution in [3.05, 3.63) is 27.9 Å². The molecule has 1 aromatic heterocycles. The number of amides is 1. The highest BCUT2D eigenvalue weighted by Crippen LogP contribution is 2.37. The molecule has 1 aromatic rings. The van der Waals surface area contributed by atoms with E-state index in [0.29, 0.717) is 30.3 Å². The van der Waals surface area contributed by atoms with Crippen LogP contribution in [-0.4, -0.2) is 21.6 Å². The molecule has 1 amide bonds. The maximum absolute atomic E-state index is 11.4. The first-order valence-electron chi connectivity index (χ1n) is 5.66. The van der Waals surface area contributed by atoms with Crippen molar-refractivity contribution in [3.63, 3.8) is 0 Å². The zero-order chi connectivity index (χ0) is 12.3. The summed E-state index contributed by atoms with van der Waals surface area (Å²) in [7, 11) is 0. The summed E-state index contributed by atoms with van der Waals surface area (Å²) in [6.45, 7) is 0.302. The Morgan fingerprint density at radius 1 is 1.59 bits per heavy atom. The highest BCUT2D eigenvalue weighted by Gasteiger charge is 2.26. The zero-order valence-corrected chi connectivity index (χ0v) is 10.3. The number of aromatic nitrogens is 2. The molecule has 1 heterocycles. The van der Waals surface area contributed by atoms with Crippen molar-refractivity contribution in [1.29, 1.82) is 0 Å².